The number of esters is 1. The number of amides is 1. The monoisotopic (exact) mass is 500 g/mol. The topological polar surface area (TPSA) is 77.0 Å². The summed E-state index contributed by atoms with van der Waals surface area (Å²) >= 11 is 1.27. The molecule has 1 aromatic carbocycles. The van der Waals surface area contributed by atoms with Crippen LogP contribution in [0.4, 0.5) is 0 Å². The molecule has 1 aromatic rings. The van der Waals surface area contributed by atoms with E-state index in [9.17, 15) is 9.59 Å². The number of aliphatic imine (C=N–C) groups is 1. The van der Waals surface area contributed by atoms with E-state index in [1.165, 1.54) is 49.3 Å². The lowest BCUT2D eigenvalue weighted by Gasteiger charge is -2.26. The van der Waals surface area contributed by atoms with Gasteiger partial charge in [-0.3, -0.25) is 9.79 Å². The Hall–Kier alpha value is -3.32. The fourth-order valence-electron chi connectivity index (χ4n) is 5.85. The average molecular weight is 501 g/mol. The van der Waals surface area contributed by atoms with Crippen LogP contribution in [0, 0.1) is 11.8 Å². The summed E-state index contributed by atoms with van der Waals surface area (Å²) in [7, 11) is 1.36. The normalized spacial score (nSPS) is 23.5. The van der Waals surface area contributed by atoms with Gasteiger partial charge in [-0.05, 0) is 52.7 Å². The van der Waals surface area contributed by atoms with Gasteiger partial charge in [0.25, 0.3) is 5.91 Å². The van der Waals surface area contributed by atoms with E-state index in [4.69, 9.17) is 9.47 Å². The molecule has 3 aliphatic carbocycles. The van der Waals surface area contributed by atoms with E-state index < -0.39 is 5.97 Å². The Kier molecular flexibility index (Phi) is 6.17. The number of nitrogens with zero attached hydrogens (tertiary/aromatic N) is 1. The van der Waals surface area contributed by atoms with Crippen molar-refractivity contribution >= 4 is 28.7 Å². The van der Waals surface area contributed by atoms with Gasteiger partial charge in [0.05, 0.1) is 25.1 Å². The Bertz CT molecular complexity index is 1310. The zero-order chi connectivity index (χ0) is 24.6. The Balaban J connectivity index is 1.41. The van der Waals surface area contributed by atoms with E-state index in [0.717, 1.165) is 40.2 Å². The molecular weight excluding hydrogens is 472 g/mol. The number of thioether (sulfide) groups is 1. The van der Waals surface area contributed by atoms with Crippen LogP contribution in [0.1, 0.15) is 37.7 Å². The lowest BCUT2D eigenvalue weighted by molar-refractivity contribution is -0.132. The lowest BCUT2D eigenvalue weighted by Crippen LogP contribution is -2.25. The van der Waals surface area contributed by atoms with E-state index in [0.29, 0.717) is 23.1 Å². The van der Waals surface area contributed by atoms with Gasteiger partial charge in [0.1, 0.15) is 12.4 Å². The van der Waals surface area contributed by atoms with Gasteiger partial charge in [0.15, 0.2) is 5.04 Å². The second kappa shape index (κ2) is 9.62. The molecule has 0 spiro atoms. The third-order valence-electron chi connectivity index (χ3n) is 7.54. The number of hydrogen-bond acceptors (Lipinski definition) is 6. The van der Waals surface area contributed by atoms with Crippen LogP contribution in [0.3, 0.4) is 0 Å². The quantitative estimate of drug-likeness (QED) is 0.568. The molecule has 7 heteroatoms. The maximum atomic E-state index is 13.1. The highest BCUT2D eigenvalue weighted by molar-refractivity contribution is 8.19. The van der Waals surface area contributed by atoms with E-state index in [1.54, 1.807) is 0 Å². The van der Waals surface area contributed by atoms with E-state index >= 15 is 0 Å². The third kappa shape index (κ3) is 3.95. The number of nitrogens with one attached hydrogen (secondary N) is 1. The second-order valence-corrected chi connectivity index (χ2v) is 10.6. The number of ether oxygens (including phenoxy) is 2. The fraction of sp³-hybridized carbons (Fsp3) is 0.345. The maximum Gasteiger partial charge on any atom is 0.363 e. The van der Waals surface area contributed by atoms with Crippen molar-refractivity contribution in [2.75, 3.05) is 13.7 Å². The number of allylic oxidation sites excluding steroid dienone is 5. The van der Waals surface area contributed by atoms with Crippen LogP contribution in [0.5, 0.6) is 0 Å². The van der Waals surface area contributed by atoms with Crippen molar-refractivity contribution in [1.82, 2.24) is 5.32 Å². The summed E-state index contributed by atoms with van der Waals surface area (Å²) in [5.74, 6) is 0.615. The molecule has 6 rings (SSSR count). The molecule has 0 aromatic heterocycles. The Morgan fingerprint density at radius 3 is 2.69 bits per heavy atom. The Labute approximate surface area is 214 Å². The molecule has 1 saturated carbocycles. The maximum absolute atomic E-state index is 13.1. The van der Waals surface area contributed by atoms with Gasteiger partial charge in [-0.2, -0.15) is 0 Å². The van der Waals surface area contributed by atoms with Crippen molar-refractivity contribution in [3.8, 4) is 0 Å². The fourth-order valence-corrected chi connectivity index (χ4v) is 6.95. The lowest BCUT2D eigenvalue weighted by atomic mass is 9.80. The number of benzene rings is 1. The molecule has 1 fully saturated rings. The predicted molar refractivity (Wildman–Crippen MR) is 140 cm³/mol. The van der Waals surface area contributed by atoms with Gasteiger partial charge < -0.3 is 14.8 Å². The highest BCUT2D eigenvalue weighted by atomic mass is 32.2. The zero-order valence-corrected chi connectivity index (χ0v) is 21.0. The number of fused-ring (bicyclic) bond motifs is 4. The van der Waals surface area contributed by atoms with Crippen LogP contribution < -0.4 is 5.32 Å². The molecule has 1 atom stereocenters. The summed E-state index contributed by atoms with van der Waals surface area (Å²) in [4.78, 5) is 30.7. The van der Waals surface area contributed by atoms with Crippen LogP contribution in [0.25, 0.3) is 0 Å². The van der Waals surface area contributed by atoms with E-state index in [-0.39, 0.29) is 18.4 Å². The molecule has 5 aliphatic rings. The summed E-state index contributed by atoms with van der Waals surface area (Å²) in [5.41, 5.74) is 6.41. The molecule has 2 aliphatic heterocycles. The van der Waals surface area contributed by atoms with Crippen LogP contribution in [0.2, 0.25) is 0 Å². The molecule has 0 saturated heterocycles. The van der Waals surface area contributed by atoms with Crippen LogP contribution >= 0.6 is 11.8 Å². The van der Waals surface area contributed by atoms with E-state index in [2.05, 4.69) is 34.6 Å². The van der Waals surface area contributed by atoms with Gasteiger partial charge in [-0.15, -0.1) is 0 Å². The van der Waals surface area contributed by atoms with Crippen molar-refractivity contribution in [1.29, 1.82) is 0 Å². The molecule has 1 amide bonds. The summed E-state index contributed by atoms with van der Waals surface area (Å²) in [6.45, 7) is 0.651. The van der Waals surface area contributed by atoms with Gasteiger partial charge in [0, 0.05) is 11.1 Å². The highest BCUT2D eigenvalue weighted by Crippen LogP contribution is 2.57. The van der Waals surface area contributed by atoms with Gasteiger partial charge in [-0.25, -0.2) is 4.79 Å². The van der Waals surface area contributed by atoms with Crippen molar-refractivity contribution in [3.63, 3.8) is 0 Å². The largest absolute Gasteiger partial charge is 0.492 e. The minimum Gasteiger partial charge on any atom is -0.492 e. The highest BCUT2D eigenvalue weighted by Gasteiger charge is 2.46. The summed E-state index contributed by atoms with van der Waals surface area (Å²) in [5, 5.41) is 3.30. The predicted octanol–water partition coefficient (Wildman–Crippen LogP) is 5.12. The molecule has 36 heavy (non-hydrogen) atoms. The van der Waals surface area contributed by atoms with Crippen molar-refractivity contribution in [2.45, 2.75) is 38.7 Å². The molecule has 1 N–H and O–H groups in total. The van der Waals surface area contributed by atoms with E-state index in [1.807, 2.05) is 24.4 Å². The Morgan fingerprint density at radius 1 is 1.11 bits per heavy atom. The number of carbonyl (C=O) groups excluding carboxylic acids is 2. The van der Waals surface area contributed by atoms with Gasteiger partial charge in [0.2, 0.25) is 0 Å². The molecule has 2 heterocycles. The van der Waals surface area contributed by atoms with Crippen molar-refractivity contribution < 1.29 is 19.1 Å². The second-order valence-electron chi connectivity index (χ2n) is 9.62. The van der Waals surface area contributed by atoms with Crippen molar-refractivity contribution in [2.24, 2.45) is 16.8 Å². The minimum atomic E-state index is -0.467. The first-order chi connectivity index (χ1) is 17.7. The van der Waals surface area contributed by atoms with Gasteiger partial charge in [-0.1, -0.05) is 67.4 Å². The van der Waals surface area contributed by atoms with Crippen LogP contribution in [-0.4, -0.2) is 30.6 Å². The standard InChI is InChI=1S/C29H28N2O4S/c1-34-29(33)28-31-15-21-26(36-28)25-20(14-30-27(21)32)24-19(23(25)18-10-6-3-7-11-18)12-13-22(24)35-16-17-8-4-2-5-9-17/h2,4-5,8-9,12-14,18,24H,3,6-7,10-11,15-16H2,1H3,(H,30,32). The first-order valence-electron chi connectivity index (χ1n) is 12.5. The van der Waals surface area contributed by atoms with Crippen LogP contribution in [0.15, 0.2) is 92.2 Å². The first-order valence-corrected chi connectivity index (χ1v) is 13.4. The number of methoxy groups -OCH3 is 1. The third-order valence-corrected chi connectivity index (χ3v) is 8.68. The zero-order valence-electron chi connectivity index (χ0n) is 20.2. The molecule has 184 valence electrons. The summed E-state index contributed by atoms with van der Waals surface area (Å²) in [6, 6.07) is 10.1. The first kappa shape index (κ1) is 23.1. The number of carbonyl (C=O) groups is 2. The molecule has 6 nitrogen and oxygen atoms in total. The molecule has 0 bridgehead atoms. The summed E-state index contributed by atoms with van der Waals surface area (Å²) in [6.07, 6.45) is 12.1. The minimum absolute atomic E-state index is 0.0613. The number of rotatable bonds is 5. The van der Waals surface area contributed by atoms with Crippen LogP contribution in [-0.2, 0) is 25.7 Å². The average Bonchev–Trinajstić information content (AvgIpc) is 3.44. The molecule has 0 radical (unpaired) electrons. The van der Waals surface area contributed by atoms with Crippen molar-refractivity contribution in [3.05, 3.63) is 92.8 Å². The smallest absolute Gasteiger partial charge is 0.363 e. The summed E-state index contributed by atoms with van der Waals surface area (Å²) < 4.78 is 11.3. The molecule has 1 unspecified atom stereocenters. The SMILES string of the molecule is COC(=O)C1=NCC2=C(S1)C1=C(C3CCCCC3)C3=CC=C(OCc4ccccc4)C3C1=CNC2=O. The Morgan fingerprint density at radius 2 is 1.92 bits per heavy atom. The molecular formula is C29H28N2O4S. The van der Waals surface area contributed by atoms with Gasteiger partial charge >= 0.3 is 5.97 Å². The number of hydrogen-bond donors (Lipinski definition) is 1.